The first kappa shape index (κ1) is 14.9. The summed E-state index contributed by atoms with van der Waals surface area (Å²) in [7, 11) is 0. The lowest BCUT2D eigenvalue weighted by Gasteiger charge is -1.96. The van der Waals surface area contributed by atoms with Crippen molar-refractivity contribution in [2.45, 2.75) is 0 Å². The van der Waals surface area contributed by atoms with Crippen LogP contribution in [0.3, 0.4) is 0 Å². The van der Waals surface area contributed by atoms with Crippen LogP contribution < -0.4 is 5.32 Å². The zero-order valence-electron chi connectivity index (χ0n) is 12.2. The van der Waals surface area contributed by atoms with Crippen molar-refractivity contribution >= 4 is 44.2 Å². The maximum Gasteiger partial charge on any atom is 0.279 e. The second-order valence-corrected chi connectivity index (χ2v) is 6.49. The van der Waals surface area contributed by atoms with E-state index in [1.165, 1.54) is 11.3 Å². The van der Waals surface area contributed by atoms with Crippen LogP contribution in [0.25, 0.3) is 21.5 Å². The number of fused-ring (bicyclic) bond motifs is 1. The maximum atomic E-state index is 12.3. The molecule has 0 bridgehead atoms. The van der Waals surface area contributed by atoms with Gasteiger partial charge in [-0.25, -0.2) is 4.98 Å². The number of nitrogens with one attached hydrogen (secondary N) is 1. The Balaban J connectivity index is 1.56. The summed E-state index contributed by atoms with van der Waals surface area (Å²) in [5.41, 5.74) is 1.79. The van der Waals surface area contributed by atoms with Crippen LogP contribution in [-0.2, 0) is 0 Å². The van der Waals surface area contributed by atoms with Crippen LogP contribution in [-0.4, -0.2) is 16.0 Å². The lowest BCUT2D eigenvalue weighted by atomic mass is 10.1. The van der Waals surface area contributed by atoms with Gasteiger partial charge in [-0.15, -0.1) is 0 Å². The Hall–Kier alpha value is -2.70. The fourth-order valence-electron chi connectivity index (χ4n) is 2.25. The number of hydrogen-bond acceptors (Lipinski definition) is 5. The summed E-state index contributed by atoms with van der Waals surface area (Å²) >= 11 is 7.37. The number of carbonyl (C=O) groups is 1. The van der Waals surface area contributed by atoms with Gasteiger partial charge in [0.2, 0.25) is 0 Å². The third-order valence-electron chi connectivity index (χ3n) is 3.37. The van der Waals surface area contributed by atoms with E-state index >= 15 is 0 Å². The maximum absolute atomic E-state index is 12.3. The van der Waals surface area contributed by atoms with Crippen LogP contribution in [0, 0.1) is 0 Å². The van der Waals surface area contributed by atoms with Gasteiger partial charge in [-0.1, -0.05) is 52.4 Å². The first-order valence-corrected chi connectivity index (χ1v) is 8.28. The van der Waals surface area contributed by atoms with Crippen LogP contribution >= 0.6 is 22.9 Å². The zero-order valence-corrected chi connectivity index (χ0v) is 13.8. The van der Waals surface area contributed by atoms with Gasteiger partial charge >= 0.3 is 0 Å². The van der Waals surface area contributed by atoms with Crippen molar-refractivity contribution in [2.75, 3.05) is 5.32 Å². The standard InChI is InChI=1S/C17H10ClN3O2S/c18-11-5-3-4-10(8-11)14-9-13(21-23-14)16(22)20-17-19-12-6-1-2-7-15(12)24-17/h1-9H,(H,19,20,22). The minimum atomic E-state index is -0.369. The number of hydrogen-bond donors (Lipinski definition) is 1. The molecule has 5 nitrogen and oxygen atoms in total. The summed E-state index contributed by atoms with van der Waals surface area (Å²) in [6.07, 6.45) is 0. The van der Waals surface area contributed by atoms with E-state index in [1.807, 2.05) is 30.3 Å². The largest absolute Gasteiger partial charge is 0.355 e. The number of para-hydroxylation sites is 1. The van der Waals surface area contributed by atoms with Crippen LogP contribution in [0.1, 0.15) is 10.5 Å². The molecule has 0 saturated heterocycles. The molecule has 4 rings (SSSR count). The summed E-state index contributed by atoms with van der Waals surface area (Å²) in [6, 6.07) is 16.4. The highest BCUT2D eigenvalue weighted by Gasteiger charge is 2.15. The molecular formula is C17H10ClN3O2S. The van der Waals surface area contributed by atoms with E-state index in [2.05, 4.69) is 15.5 Å². The molecule has 118 valence electrons. The first-order valence-electron chi connectivity index (χ1n) is 7.08. The van der Waals surface area contributed by atoms with Gasteiger partial charge in [0, 0.05) is 16.7 Å². The third-order valence-corrected chi connectivity index (χ3v) is 4.55. The van der Waals surface area contributed by atoms with Gasteiger partial charge in [-0.2, -0.15) is 0 Å². The number of carbonyl (C=O) groups excluding carboxylic acids is 1. The summed E-state index contributed by atoms with van der Waals surface area (Å²) < 4.78 is 6.24. The number of rotatable bonds is 3. The van der Waals surface area contributed by atoms with Gasteiger partial charge in [-0.3, -0.25) is 10.1 Å². The number of amides is 1. The minimum absolute atomic E-state index is 0.184. The van der Waals surface area contributed by atoms with Gasteiger partial charge in [0.1, 0.15) is 0 Å². The van der Waals surface area contributed by atoms with Crippen molar-refractivity contribution in [1.82, 2.24) is 10.1 Å². The molecule has 1 amide bonds. The predicted octanol–water partition coefficient (Wildman–Crippen LogP) is 4.86. The van der Waals surface area contributed by atoms with E-state index in [9.17, 15) is 4.79 Å². The zero-order chi connectivity index (χ0) is 16.5. The molecule has 0 atom stereocenters. The van der Waals surface area contributed by atoms with Crippen molar-refractivity contribution in [2.24, 2.45) is 0 Å². The van der Waals surface area contributed by atoms with Gasteiger partial charge < -0.3 is 4.52 Å². The van der Waals surface area contributed by atoms with Crippen molar-refractivity contribution in [3.05, 3.63) is 65.3 Å². The second kappa shape index (κ2) is 6.07. The molecule has 2 heterocycles. The molecule has 1 N–H and O–H groups in total. The number of anilines is 1. The first-order chi connectivity index (χ1) is 11.7. The highest BCUT2D eigenvalue weighted by Crippen LogP contribution is 2.27. The third kappa shape index (κ3) is 2.89. The molecule has 0 spiro atoms. The molecule has 0 radical (unpaired) electrons. The van der Waals surface area contributed by atoms with E-state index in [0.717, 1.165) is 15.8 Å². The average molecular weight is 356 g/mol. The minimum Gasteiger partial charge on any atom is -0.355 e. The Kier molecular flexibility index (Phi) is 3.76. The topological polar surface area (TPSA) is 68.0 Å². The van der Waals surface area contributed by atoms with E-state index in [4.69, 9.17) is 16.1 Å². The number of halogens is 1. The second-order valence-electron chi connectivity index (χ2n) is 5.03. The molecule has 0 aliphatic rings. The fraction of sp³-hybridized carbons (Fsp3) is 0. The Morgan fingerprint density at radius 1 is 1.12 bits per heavy atom. The molecule has 7 heteroatoms. The molecular weight excluding hydrogens is 346 g/mol. The lowest BCUT2D eigenvalue weighted by Crippen LogP contribution is -2.11. The highest BCUT2D eigenvalue weighted by molar-refractivity contribution is 7.22. The van der Waals surface area contributed by atoms with E-state index in [0.29, 0.717) is 15.9 Å². The summed E-state index contributed by atoms with van der Waals surface area (Å²) in [4.78, 5) is 16.7. The summed E-state index contributed by atoms with van der Waals surface area (Å²) in [5.74, 6) is 0.109. The molecule has 4 aromatic rings. The molecule has 0 aliphatic heterocycles. The van der Waals surface area contributed by atoms with Crippen LogP contribution in [0.4, 0.5) is 5.13 Å². The van der Waals surface area contributed by atoms with Crippen LogP contribution in [0.5, 0.6) is 0 Å². The van der Waals surface area contributed by atoms with Crippen molar-refractivity contribution in [3.63, 3.8) is 0 Å². The average Bonchev–Trinajstić information content (AvgIpc) is 3.21. The lowest BCUT2D eigenvalue weighted by molar-refractivity contribution is 0.101. The smallest absolute Gasteiger partial charge is 0.279 e. The normalized spacial score (nSPS) is 10.9. The van der Waals surface area contributed by atoms with E-state index in [-0.39, 0.29) is 11.6 Å². The molecule has 0 unspecified atom stereocenters. The van der Waals surface area contributed by atoms with Crippen molar-refractivity contribution in [1.29, 1.82) is 0 Å². The number of benzene rings is 2. The highest BCUT2D eigenvalue weighted by atomic mass is 35.5. The summed E-state index contributed by atoms with van der Waals surface area (Å²) in [5, 5.41) is 7.67. The van der Waals surface area contributed by atoms with Crippen molar-refractivity contribution < 1.29 is 9.32 Å². The van der Waals surface area contributed by atoms with Gasteiger partial charge in [0.15, 0.2) is 16.6 Å². The predicted molar refractivity (Wildman–Crippen MR) is 94.5 cm³/mol. The molecule has 2 aromatic heterocycles. The fourth-order valence-corrected chi connectivity index (χ4v) is 3.30. The van der Waals surface area contributed by atoms with Crippen LogP contribution in [0.2, 0.25) is 5.02 Å². The van der Waals surface area contributed by atoms with E-state index in [1.54, 1.807) is 24.3 Å². The van der Waals surface area contributed by atoms with Gasteiger partial charge in [0.05, 0.1) is 10.2 Å². The number of aromatic nitrogens is 2. The molecule has 24 heavy (non-hydrogen) atoms. The number of nitrogens with zero attached hydrogens (tertiary/aromatic N) is 2. The Morgan fingerprint density at radius 2 is 2.00 bits per heavy atom. The quantitative estimate of drug-likeness (QED) is 0.570. The number of thiazole rings is 1. The SMILES string of the molecule is O=C(Nc1nc2ccccc2s1)c1cc(-c2cccc(Cl)c2)on1. The Bertz CT molecular complexity index is 1010. The van der Waals surface area contributed by atoms with Gasteiger partial charge in [-0.05, 0) is 24.3 Å². The van der Waals surface area contributed by atoms with Crippen LogP contribution in [0.15, 0.2) is 59.1 Å². The Labute approximate surface area is 145 Å². The molecule has 0 fully saturated rings. The molecule has 0 saturated carbocycles. The monoisotopic (exact) mass is 355 g/mol. The van der Waals surface area contributed by atoms with E-state index < -0.39 is 0 Å². The van der Waals surface area contributed by atoms with Gasteiger partial charge in [0.25, 0.3) is 5.91 Å². The molecule has 0 aliphatic carbocycles. The molecule has 2 aromatic carbocycles. The summed E-state index contributed by atoms with van der Waals surface area (Å²) in [6.45, 7) is 0. The van der Waals surface area contributed by atoms with Crippen molar-refractivity contribution in [3.8, 4) is 11.3 Å². The Morgan fingerprint density at radius 3 is 2.83 bits per heavy atom.